The summed E-state index contributed by atoms with van der Waals surface area (Å²) in [7, 11) is 2.19. The molecule has 0 aromatic rings. The Morgan fingerprint density at radius 3 is 2.58 bits per heavy atom. The largest absolute Gasteiger partial charge is 0.292 e. The Kier molecular flexibility index (Phi) is 4.48. The molecule has 0 unspecified atom stereocenters. The van der Waals surface area contributed by atoms with Gasteiger partial charge in [0, 0.05) is 13.1 Å². The molecule has 1 rings (SSSR count). The van der Waals surface area contributed by atoms with Crippen molar-refractivity contribution in [1.82, 2.24) is 9.80 Å². The Hall–Kier alpha value is -0.210. The van der Waals surface area contributed by atoms with E-state index in [1.165, 1.54) is 45.6 Å². The topological polar surface area (TPSA) is 6.48 Å². The summed E-state index contributed by atoms with van der Waals surface area (Å²) >= 11 is 0. The van der Waals surface area contributed by atoms with Gasteiger partial charge in [-0.1, -0.05) is 0 Å². The third-order valence-electron chi connectivity index (χ3n) is 2.46. The molecule has 1 fully saturated rings. The first kappa shape index (κ1) is 9.87. The molecular formula is C10H21N2+. The first-order chi connectivity index (χ1) is 5.83. The third-order valence-corrected chi connectivity index (χ3v) is 2.46. The van der Waals surface area contributed by atoms with Crippen molar-refractivity contribution in [2.45, 2.75) is 25.7 Å². The summed E-state index contributed by atoms with van der Waals surface area (Å²) in [6, 6.07) is 0. The second-order valence-corrected chi connectivity index (χ2v) is 3.75. The van der Waals surface area contributed by atoms with Gasteiger partial charge in [0.05, 0.1) is 20.0 Å². The Bertz CT molecular complexity index is 114. The van der Waals surface area contributed by atoms with E-state index >= 15 is 0 Å². The molecule has 70 valence electrons. The molecule has 12 heavy (non-hydrogen) atoms. The van der Waals surface area contributed by atoms with E-state index in [-0.39, 0.29) is 0 Å². The fourth-order valence-corrected chi connectivity index (χ4v) is 1.67. The summed E-state index contributed by atoms with van der Waals surface area (Å²) in [5.74, 6) is 0. The molecule has 0 aliphatic carbocycles. The summed E-state index contributed by atoms with van der Waals surface area (Å²) in [4.78, 5) is 4.91. The van der Waals surface area contributed by atoms with Gasteiger partial charge in [-0.2, -0.15) is 0 Å². The lowest BCUT2D eigenvalue weighted by Crippen LogP contribution is -2.24. The van der Waals surface area contributed by atoms with Crippen molar-refractivity contribution in [2.75, 3.05) is 33.4 Å². The van der Waals surface area contributed by atoms with Gasteiger partial charge in [0.25, 0.3) is 0 Å². The van der Waals surface area contributed by atoms with Crippen LogP contribution in [0.25, 0.3) is 0 Å². The van der Waals surface area contributed by atoms with Crippen LogP contribution in [-0.2, 0) is 0 Å². The van der Waals surface area contributed by atoms with Crippen LogP contribution in [0.4, 0.5) is 0 Å². The second-order valence-electron chi connectivity index (χ2n) is 3.75. The van der Waals surface area contributed by atoms with Gasteiger partial charge < -0.3 is 0 Å². The Morgan fingerprint density at radius 1 is 1.17 bits per heavy atom. The molecule has 2 heteroatoms. The van der Waals surface area contributed by atoms with E-state index in [0.29, 0.717) is 0 Å². The summed E-state index contributed by atoms with van der Waals surface area (Å²) in [5, 5.41) is 0. The summed E-state index contributed by atoms with van der Waals surface area (Å²) < 4.78 is 0. The first-order valence-corrected chi connectivity index (χ1v) is 5.03. The number of nitrogens with zero attached hydrogens (tertiary/aromatic N) is 2. The highest BCUT2D eigenvalue weighted by atomic mass is 15.4. The zero-order valence-corrected chi connectivity index (χ0v) is 8.26. The average molecular weight is 169 g/mol. The number of rotatable bonds is 5. The molecule has 0 aromatic heterocycles. The van der Waals surface area contributed by atoms with E-state index in [4.69, 9.17) is 0 Å². The molecule has 0 aromatic carbocycles. The molecule has 1 aliphatic rings. The van der Waals surface area contributed by atoms with Gasteiger partial charge in [-0.3, -0.25) is 9.80 Å². The zero-order valence-electron chi connectivity index (χ0n) is 8.26. The van der Waals surface area contributed by atoms with Crippen LogP contribution in [0.3, 0.4) is 0 Å². The molecule has 1 saturated heterocycles. The highest BCUT2D eigenvalue weighted by Gasteiger charge is 2.14. The molecule has 0 radical (unpaired) electrons. The minimum absolute atomic E-state index is 1.10. The summed E-state index contributed by atoms with van der Waals surface area (Å²) in [6.45, 7) is 8.81. The molecule has 1 aliphatic heterocycles. The van der Waals surface area contributed by atoms with Crippen LogP contribution in [0, 0.1) is 6.92 Å². The second kappa shape index (κ2) is 5.44. The average Bonchev–Trinajstić information content (AvgIpc) is 2.45. The van der Waals surface area contributed by atoms with Crippen molar-refractivity contribution in [1.29, 1.82) is 0 Å². The quantitative estimate of drug-likeness (QED) is 0.455. The fourth-order valence-electron chi connectivity index (χ4n) is 1.67. The molecule has 0 saturated carbocycles. The van der Waals surface area contributed by atoms with Crippen molar-refractivity contribution in [2.24, 2.45) is 0 Å². The maximum absolute atomic E-state index is 3.85. The molecule has 0 atom stereocenters. The van der Waals surface area contributed by atoms with E-state index < -0.39 is 0 Å². The number of likely N-dealkylation sites (N-methyl/N-ethyl adjacent to an activating group) is 1. The van der Waals surface area contributed by atoms with Crippen LogP contribution in [0.2, 0.25) is 0 Å². The van der Waals surface area contributed by atoms with E-state index in [1.54, 1.807) is 0 Å². The predicted octanol–water partition coefficient (Wildman–Crippen LogP) is 1.59. The number of hydrogen-bond acceptors (Lipinski definition) is 2. The van der Waals surface area contributed by atoms with Crippen LogP contribution >= 0.6 is 0 Å². The normalized spacial score (nSPS) is 20.4. The number of unbranched alkanes of at least 4 members (excludes halogenated alkanes) is 3. The predicted molar refractivity (Wildman–Crippen MR) is 52.9 cm³/mol. The smallest absolute Gasteiger partial charge is 0.0850 e. The molecule has 0 amide bonds. The molecule has 0 spiro atoms. The van der Waals surface area contributed by atoms with Crippen molar-refractivity contribution >= 4 is 0 Å². The molecular weight excluding hydrogens is 148 g/mol. The fraction of sp³-hybridized carbons (Fsp3) is 0.900. The van der Waals surface area contributed by atoms with Crippen molar-refractivity contribution in [3.05, 3.63) is 6.92 Å². The van der Waals surface area contributed by atoms with Gasteiger partial charge in [-0.15, -0.1) is 0 Å². The zero-order chi connectivity index (χ0) is 8.81. The highest BCUT2D eigenvalue weighted by molar-refractivity contribution is 4.67. The van der Waals surface area contributed by atoms with Crippen molar-refractivity contribution in [3.63, 3.8) is 0 Å². The lowest BCUT2D eigenvalue weighted by atomic mass is 10.2. The molecule has 1 heterocycles. The maximum atomic E-state index is 3.85. The van der Waals surface area contributed by atoms with E-state index in [9.17, 15) is 0 Å². The highest BCUT2D eigenvalue weighted by Crippen LogP contribution is 2.05. The van der Waals surface area contributed by atoms with Gasteiger partial charge >= 0.3 is 0 Å². The third kappa shape index (κ3) is 3.46. The van der Waals surface area contributed by atoms with Crippen LogP contribution < -0.4 is 0 Å². The van der Waals surface area contributed by atoms with Gasteiger partial charge in [-0.25, -0.2) is 0 Å². The minimum Gasteiger partial charge on any atom is -0.292 e. The standard InChI is InChI=1S/C10H21N2/c1-3-4-5-6-7-12-9-8-11(2)10-12/h1,3-10H2,2H3/q+1. The van der Waals surface area contributed by atoms with E-state index in [0.717, 1.165) is 6.42 Å². The lowest BCUT2D eigenvalue weighted by Gasteiger charge is -2.14. The van der Waals surface area contributed by atoms with Gasteiger partial charge in [-0.05, 0) is 32.9 Å². The Balaban J connectivity index is 1.93. The SMILES string of the molecule is [CH2+]CCCCCN1CCN(C)C1. The van der Waals surface area contributed by atoms with Crippen molar-refractivity contribution in [3.8, 4) is 0 Å². The van der Waals surface area contributed by atoms with Crippen molar-refractivity contribution < 1.29 is 0 Å². The van der Waals surface area contributed by atoms with E-state index in [2.05, 4.69) is 23.8 Å². The number of hydrogen-bond donors (Lipinski definition) is 0. The molecule has 0 N–H and O–H groups in total. The van der Waals surface area contributed by atoms with Gasteiger partial charge in [0.15, 0.2) is 0 Å². The van der Waals surface area contributed by atoms with E-state index in [1.807, 2.05) is 0 Å². The van der Waals surface area contributed by atoms with Crippen LogP contribution in [0.5, 0.6) is 0 Å². The van der Waals surface area contributed by atoms with Crippen LogP contribution in [0.15, 0.2) is 0 Å². The lowest BCUT2D eigenvalue weighted by molar-refractivity contribution is 0.269. The summed E-state index contributed by atoms with van der Waals surface area (Å²) in [5.41, 5.74) is 0. The minimum atomic E-state index is 1.10. The maximum Gasteiger partial charge on any atom is 0.0850 e. The molecule has 2 nitrogen and oxygen atoms in total. The van der Waals surface area contributed by atoms with Gasteiger partial charge in [0.1, 0.15) is 0 Å². The Morgan fingerprint density at radius 2 is 2.00 bits per heavy atom. The molecule has 0 bridgehead atoms. The van der Waals surface area contributed by atoms with Gasteiger partial charge in [0.2, 0.25) is 0 Å². The Labute approximate surface area is 76.5 Å². The van der Waals surface area contributed by atoms with Crippen LogP contribution in [0.1, 0.15) is 25.7 Å². The van der Waals surface area contributed by atoms with Crippen LogP contribution in [-0.4, -0.2) is 43.2 Å². The summed E-state index contributed by atoms with van der Waals surface area (Å²) in [6.07, 6.45) is 5.09. The monoisotopic (exact) mass is 169 g/mol. The first-order valence-electron chi connectivity index (χ1n) is 5.03.